The van der Waals surface area contributed by atoms with Gasteiger partial charge in [0.05, 0.1) is 34.5 Å². The molecule has 0 saturated carbocycles. The maximum absolute atomic E-state index is 12.5. The predicted molar refractivity (Wildman–Crippen MR) is 106 cm³/mol. The number of hydrogen-bond donors (Lipinski definition) is 1. The van der Waals surface area contributed by atoms with Crippen molar-refractivity contribution in [3.8, 4) is 23.0 Å². The van der Waals surface area contributed by atoms with Gasteiger partial charge >= 0.3 is 5.97 Å². The van der Waals surface area contributed by atoms with E-state index in [1.165, 1.54) is 27.4 Å². The van der Waals surface area contributed by atoms with Crippen LogP contribution in [0.3, 0.4) is 0 Å². The van der Waals surface area contributed by atoms with E-state index in [1.807, 2.05) is 25.1 Å². The average Bonchev–Trinajstić information content (AvgIpc) is 2.75. The number of hydrogen-bond acceptors (Lipinski definition) is 7. The Morgan fingerprint density at radius 2 is 1.52 bits per heavy atom. The van der Waals surface area contributed by atoms with Crippen LogP contribution in [0.5, 0.6) is 23.0 Å². The molecule has 0 aliphatic rings. The second-order valence-electron chi connectivity index (χ2n) is 5.99. The molecule has 0 aliphatic carbocycles. The molecule has 0 radical (unpaired) electrons. The van der Waals surface area contributed by atoms with Crippen molar-refractivity contribution in [2.75, 3.05) is 35.0 Å². The van der Waals surface area contributed by atoms with Gasteiger partial charge in [-0.2, -0.15) is 0 Å². The van der Waals surface area contributed by atoms with Crippen molar-refractivity contribution in [3.63, 3.8) is 0 Å². The number of carbonyl (C=O) groups is 2. The highest BCUT2D eigenvalue weighted by Gasteiger charge is 2.23. The van der Waals surface area contributed by atoms with Crippen LogP contribution in [-0.4, -0.2) is 46.9 Å². The SMILES string of the molecule is COc1ccccc1C(C)NC(=O)COC(=O)c1ccc(OC)c(OC)c1OC. The van der Waals surface area contributed by atoms with E-state index >= 15 is 0 Å². The highest BCUT2D eigenvalue weighted by Crippen LogP contribution is 2.39. The van der Waals surface area contributed by atoms with Gasteiger partial charge in [-0.25, -0.2) is 4.79 Å². The highest BCUT2D eigenvalue weighted by molar-refractivity contribution is 5.95. The molecule has 29 heavy (non-hydrogen) atoms. The monoisotopic (exact) mass is 403 g/mol. The molecule has 1 amide bonds. The van der Waals surface area contributed by atoms with E-state index in [-0.39, 0.29) is 23.1 Å². The summed E-state index contributed by atoms with van der Waals surface area (Å²) in [5.74, 6) is 0.328. The summed E-state index contributed by atoms with van der Waals surface area (Å²) in [6.45, 7) is 1.37. The van der Waals surface area contributed by atoms with Crippen molar-refractivity contribution in [1.82, 2.24) is 5.32 Å². The van der Waals surface area contributed by atoms with Crippen molar-refractivity contribution in [1.29, 1.82) is 0 Å². The number of methoxy groups -OCH3 is 4. The third-order valence-corrected chi connectivity index (χ3v) is 4.24. The van der Waals surface area contributed by atoms with Gasteiger partial charge in [-0.15, -0.1) is 0 Å². The van der Waals surface area contributed by atoms with Gasteiger partial charge in [-0.1, -0.05) is 18.2 Å². The minimum atomic E-state index is -0.720. The van der Waals surface area contributed by atoms with E-state index in [2.05, 4.69) is 5.32 Å². The first-order valence-corrected chi connectivity index (χ1v) is 8.85. The van der Waals surface area contributed by atoms with Crippen molar-refractivity contribution in [2.45, 2.75) is 13.0 Å². The van der Waals surface area contributed by atoms with Crippen molar-refractivity contribution >= 4 is 11.9 Å². The molecule has 0 bridgehead atoms. The normalized spacial score (nSPS) is 11.2. The first kappa shape index (κ1) is 21.9. The number of amides is 1. The van der Waals surface area contributed by atoms with Gasteiger partial charge in [0.2, 0.25) is 5.75 Å². The molecule has 2 rings (SSSR count). The molecule has 0 spiro atoms. The molecule has 8 heteroatoms. The van der Waals surface area contributed by atoms with Crippen LogP contribution in [0.1, 0.15) is 28.9 Å². The number of para-hydroxylation sites is 1. The fourth-order valence-corrected chi connectivity index (χ4v) is 2.86. The average molecular weight is 403 g/mol. The second-order valence-corrected chi connectivity index (χ2v) is 5.99. The Balaban J connectivity index is 2.04. The maximum atomic E-state index is 12.5. The lowest BCUT2D eigenvalue weighted by atomic mass is 10.1. The molecule has 0 heterocycles. The molecule has 2 aromatic rings. The zero-order valence-electron chi connectivity index (χ0n) is 17.1. The summed E-state index contributed by atoms with van der Waals surface area (Å²) < 4.78 is 26.1. The Morgan fingerprint density at radius 3 is 2.14 bits per heavy atom. The molecular weight excluding hydrogens is 378 g/mol. The van der Waals surface area contributed by atoms with Crippen LogP contribution in [0, 0.1) is 0 Å². The topological polar surface area (TPSA) is 92.3 Å². The van der Waals surface area contributed by atoms with Crippen LogP contribution < -0.4 is 24.3 Å². The van der Waals surface area contributed by atoms with Crippen LogP contribution in [0.4, 0.5) is 0 Å². The molecule has 0 aliphatic heterocycles. The Labute approximate surface area is 169 Å². The highest BCUT2D eigenvalue weighted by atomic mass is 16.5. The molecule has 0 fully saturated rings. The number of esters is 1. The molecule has 0 saturated heterocycles. The van der Waals surface area contributed by atoms with Crippen LogP contribution in [0.15, 0.2) is 36.4 Å². The van der Waals surface area contributed by atoms with E-state index in [0.717, 1.165) is 5.56 Å². The van der Waals surface area contributed by atoms with Gasteiger partial charge in [-0.3, -0.25) is 4.79 Å². The summed E-state index contributed by atoms with van der Waals surface area (Å²) in [6, 6.07) is 10.1. The van der Waals surface area contributed by atoms with Crippen LogP contribution in [-0.2, 0) is 9.53 Å². The van der Waals surface area contributed by atoms with Gasteiger partial charge in [0, 0.05) is 5.56 Å². The Kier molecular flexibility index (Phi) is 7.70. The van der Waals surface area contributed by atoms with Crippen LogP contribution in [0.25, 0.3) is 0 Å². The first-order chi connectivity index (χ1) is 14.0. The minimum absolute atomic E-state index is 0.121. The molecule has 0 aromatic heterocycles. The largest absolute Gasteiger partial charge is 0.496 e. The molecule has 156 valence electrons. The van der Waals surface area contributed by atoms with Crippen LogP contribution >= 0.6 is 0 Å². The molecule has 1 atom stereocenters. The number of benzene rings is 2. The zero-order chi connectivity index (χ0) is 21.4. The summed E-state index contributed by atoms with van der Waals surface area (Å²) in [6.07, 6.45) is 0. The summed E-state index contributed by atoms with van der Waals surface area (Å²) in [5, 5.41) is 2.78. The second kappa shape index (κ2) is 10.2. The molecule has 2 aromatic carbocycles. The molecule has 1 unspecified atom stereocenters. The zero-order valence-corrected chi connectivity index (χ0v) is 17.1. The standard InChI is InChI=1S/C21H25NO7/c1-13(14-8-6-7-9-16(14)25-2)22-18(23)12-29-21(24)15-10-11-17(26-3)20(28-5)19(15)27-4/h6-11,13H,12H2,1-5H3,(H,22,23). The van der Waals surface area contributed by atoms with Gasteiger partial charge in [-0.05, 0) is 25.1 Å². The quantitative estimate of drug-likeness (QED) is 0.644. The molecular formula is C21H25NO7. The lowest BCUT2D eigenvalue weighted by molar-refractivity contribution is -0.124. The lowest BCUT2D eigenvalue weighted by Gasteiger charge is -2.17. The lowest BCUT2D eigenvalue weighted by Crippen LogP contribution is -2.31. The number of nitrogens with one attached hydrogen (secondary N) is 1. The fraction of sp³-hybridized carbons (Fsp3) is 0.333. The number of carbonyl (C=O) groups excluding carboxylic acids is 2. The number of ether oxygens (including phenoxy) is 5. The molecule has 1 N–H and O–H groups in total. The van der Waals surface area contributed by atoms with E-state index in [9.17, 15) is 9.59 Å². The first-order valence-electron chi connectivity index (χ1n) is 8.85. The fourth-order valence-electron chi connectivity index (χ4n) is 2.86. The van der Waals surface area contributed by atoms with Gasteiger partial charge in [0.15, 0.2) is 18.1 Å². The summed E-state index contributed by atoms with van der Waals surface area (Å²) >= 11 is 0. The Bertz CT molecular complexity index is 866. The van der Waals surface area contributed by atoms with E-state index in [4.69, 9.17) is 23.7 Å². The maximum Gasteiger partial charge on any atom is 0.342 e. The Hall–Kier alpha value is -3.42. The minimum Gasteiger partial charge on any atom is -0.496 e. The third-order valence-electron chi connectivity index (χ3n) is 4.24. The van der Waals surface area contributed by atoms with Crippen molar-refractivity contribution in [3.05, 3.63) is 47.5 Å². The van der Waals surface area contributed by atoms with Crippen molar-refractivity contribution in [2.24, 2.45) is 0 Å². The van der Waals surface area contributed by atoms with Crippen LogP contribution in [0.2, 0.25) is 0 Å². The summed E-state index contributed by atoms with van der Waals surface area (Å²) in [7, 11) is 5.87. The van der Waals surface area contributed by atoms with Gasteiger partial charge in [0.1, 0.15) is 11.3 Å². The third kappa shape index (κ3) is 5.10. The molecule has 8 nitrogen and oxygen atoms in total. The van der Waals surface area contributed by atoms with Gasteiger partial charge < -0.3 is 29.0 Å². The van der Waals surface area contributed by atoms with Gasteiger partial charge in [0.25, 0.3) is 5.91 Å². The van der Waals surface area contributed by atoms with E-state index < -0.39 is 18.5 Å². The summed E-state index contributed by atoms with van der Waals surface area (Å²) in [5.41, 5.74) is 0.937. The Morgan fingerprint density at radius 1 is 0.862 bits per heavy atom. The van der Waals surface area contributed by atoms with E-state index in [1.54, 1.807) is 19.2 Å². The predicted octanol–water partition coefficient (Wildman–Crippen LogP) is 2.76. The van der Waals surface area contributed by atoms with Crippen molar-refractivity contribution < 1.29 is 33.3 Å². The van der Waals surface area contributed by atoms with E-state index in [0.29, 0.717) is 11.5 Å². The smallest absolute Gasteiger partial charge is 0.342 e. The summed E-state index contributed by atoms with van der Waals surface area (Å²) in [4.78, 5) is 24.7. The number of rotatable bonds is 9.